The van der Waals surface area contributed by atoms with E-state index in [9.17, 15) is 4.79 Å². The molecule has 1 N–H and O–H groups in total. The quantitative estimate of drug-likeness (QED) is 0.860. The van der Waals surface area contributed by atoms with Crippen LogP contribution in [0, 0.1) is 0 Å². The SMILES string of the molecule is O=C(O)CCCc1ccc2snnc2c1. The van der Waals surface area contributed by atoms with Gasteiger partial charge in [-0.3, -0.25) is 4.79 Å². The monoisotopic (exact) mass is 222 g/mol. The predicted molar refractivity (Wildman–Crippen MR) is 58.0 cm³/mol. The van der Waals surface area contributed by atoms with Crippen LogP contribution in [-0.2, 0) is 11.2 Å². The highest BCUT2D eigenvalue weighted by Crippen LogP contribution is 2.17. The maximum Gasteiger partial charge on any atom is 0.303 e. The second kappa shape index (κ2) is 4.35. The first-order valence-electron chi connectivity index (χ1n) is 4.68. The minimum absolute atomic E-state index is 0.216. The fraction of sp³-hybridized carbons (Fsp3) is 0.300. The fourth-order valence-electron chi connectivity index (χ4n) is 1.43. The van der Waals surface area contributed by atoms with E-state index in [4.69, 9.17) is 5.11 Å². The molecular formula is C10H10N2O2S. The van der Waals surface area contributed by atoms with Crippen molar-refractivity contribution >= 4 is 27.7 Å². The lowest BCUT2D eigenvalue weighted by Gasteiger charge is -1.98. The van der Waals surface area contributed by atoms with Crippen LogP contribution in [0.3, 0.4) is 0 Å². The number of aryl methyl sites for hydroxylation is 1. The first-order valence-corrected chi connectivity index (χ1v) is 5.46. The van der Waals surface area contributed by atoms with Gasteiger partial charge in [-0.25, -0.2) is 0 Å². The molecule has 0 spiro atoms. The Bertz CT molecular complexity index is 481. The van der Waals surface area contributed by atoms with Crippen molar-refractivity contribution in [3.05, 3.63) is 23.8 Å². The smallest absolute Gasteiger partial charge is 0.303 e. The molecule has 0 unspecified atom stereocenters. The molecule has 1 aromatic carbocycles. The summed E-state index contributed by atoms with van der Waals surface area (Å²) >= 11 is 1.37. The molecule has 78 valence electrons. The van der Waals surface area contributed by atoms with Gasteiger partial charge in [-0.2, -0.15) is 0 Å². The Hall–Kier alpha value is -1.49. The number of rotatable bonds is 4. The summed E-state index contributed by atoms with van der Waals surface area (Å²) in [6.45, 7) is 0. The minimum Gasteiger partial charge on any atom is -0.481 e. The van der Waals surface area contributed by atoms with E-state index in [0.29, 0.717) is 6.42 Å². The Morgan fingerprint density at radius 3 is 3.13 bits per heavy atom. The van der Waals surface area contributed by atoms with Gasteiger partial charge in [0.1, 0.15) is 5.52 Å². The average molecular weight is 222 g/mol. The molecule has 0 radical (unpaired) electrons. The first kappa shape index (κ1) is 10.0. The second-order valence-corrected chi connectivity index (χ2v) is 4.11. The van der Waals surface area contributed by atoms with Crippen molar-refractivity contribution in [1.29, 1.82) is 0 Å². The van der Waals surface area contributed by atoms with Gasteiger partial charge in [0.05, 0.1) is 4.70 Å². The van der Waals surface area contributed by atoms with Crippen molar-refractivity contribution < 1.29 is 9.90 Å². The summed E-state index contributed by atoms with van der Waals surface area (Å²) in [6, 6.07) is 5.96. The molecule has 0 saturated heterocycles. The minimum atomic E-state index is -0.744. The number of aromatic nitrogens is 2. The van der Waals surface area contributed by atoms with Gasteiger partial charge in [-0.15, -0.1) is 5.10 Å². The van der Waals surface area contributed by atoms with E-state index in [-0.39, 0.29) is 6.42 Å². The Kier molecular flexibility index (Phi) is 2.91. The number of aliphatic carboxylic acids is 1. The first-order chi connectivity index (χ1) is 7.25. The van der Waals surface area contributed by atoms with E-state index < -0.39 is 5.97 Å². The van der Waals surface area contributed by atoms with E-state index in [1.807, 2.05) is 18.2 Å². The van der Waals surface area contributed by atoms with Gasteiger partial charge in [0.2, 0.25) is 0 Å². The zero-order valence-corrected chi connectivity index (χ0v) is 8.83. The van der Waals surface area contributed by atoms with Gasteiger partial charge < -0.3 is 5.11 Å². The Morgan fingerprint density at radius 1 is 1.47 bits per heavy atom. The van der Waals surface area contributed by atoms with E-state index in [2.05, 4.69) is 9.59 Å². The van der Waals surface area contributed by atoms with Crippen LogP contribution >= 0.6 is 11.5 Å². The van der Waals surface area contributed by atoms with Crippen molar-refractivity contribution in [2.24, 2.45) is 0 Å². The van der Waals surface area contributed by atoms with Crippen LogP contribution in [0.4, 0.5) is 0 Å². The molecule has 0 aliphatic heterocycles. The average Bonchev–Trinajstić information content (AvgIpc) is 2.64. The number of hydrogen-bond acceptors (Lipinski definition) is 4. The summed E-state index contributed by atoms with van der Waals surface area (Å²) in [5, 5.41) is 12.5. The van der Waals surface area contributed by atoms with Crippen LogP contribution in [0.5, 0.6) is 0 Å². The zero-order chi connectivity index (χ0) is 10.7. The number of fused-ring (bicyclic) bond motifs is 1. The van der Waals surface area contributed by atoms with Crippen molar-refractivity contribution in [3.8, 4) is 0 Å². The second-order valence-electron chi connectivity index (χ2n) is 3.32. The third-order valence-corrected chi connectivity index (χ3v) is 2.87. The highest BCUT2D eigenvalue weighted by molar-refractivity contribution is 7.12. The van der Waals surface area contributed by atoms with Crippen molar-refractivity contribution in [2.75, 3.05) is 0 Å². The number of benzene rings is 1. The topological polar surface area (TPSA) is 63.1 Å². The number of hydrogen-bond donors (Lipinski definition) is 1. The lowest BCUT2D eigenvalue weighted by Crippen LogP contribution is -1.95. The van der Waals surface area contributed by atoms with E-state index in [1.165, 1.54) is 11.5 Å². The molecule has 0 aliphatic rings. The molecule has 0 saturated carbocycles. The number of carboxylic acid groups (broad SMARTS) is 1. The van der Waals surface area contributed by atoms with E-state index in [0.717, 1.165) is 22.2 Å². The van der Waals surface area contributed by atoms with Crippen molar-refractivity contribution in [1.82, 2.24) is 9.59 Å². The van der Waals surface area contributed by atoms with Gasteiger partial charge in [-0.1, -0.05) is 10.6 Å². The molecule has 0 fully saturated rings. The maximum absolute atomic E-state index is 10.3. The summed E-state index contributed by atoms with van der Waals surface area (Å²) in [5.41, 5.74) is 2.02. The Labute approximate surface area is 90.7 Å². The molecular weight excluding hydrogens is 212 g/mol. The molecule has 2 rings (SSSR count). The molecule has 1 aromatic heterocycles. The summed E-state index contributed by atoms with van der Waals surface area (Å²) < 4.78 is 4.92. The van der Waals surface area contributed by atoms with Crippen LogP contribution in [0.25, 0.3) is 10.2 Å². The lowest BCUT2D eigenvalue weighted by atomic mass is 10.1. The largest absolute Gasteiger partial charge is 0.481 e. The normalized spacial score (nSPS) is 10.7. The van der Waals surface area contributed by atoms with Gasteiger partial charge in [0.15, 0.2) is 0 Å². The van der Waals surface area contributed by atoms with Crippen LogP contribution in [0.15, 0.2) is 18.2 Å². The summed E-state index contributed by atoms with van der Waals surface area (Å²) in [6.07, 6.45) is 1.66. The van der Waals surface area contributed by atoms with E-state index in [1.54, 1.807) is 0 Å². The van der Waals surface area contributed by atoms with Crippen LogP contribution < -0.4 is 0 Å². The predicted octanol–water partition coefficient (Wildman–Crippen LogP) is 2.10. The molecule has 0 bridgehead atoms. The third kappa shape index (κ3) is 2.50. The fourth-order valence-corrected chi connectivity index (χ4v) is 1.96. The highest BCUT2D eigenvalue weighted by Gasteiger charge is 2.01. The van der Waals surface area contributed by atoms with Crippen LogP contribution in [0.1, 0.15) is 18.4 Å². The van der Waals surface area contributed by atoms with Crippen LogP contribution in [-0.4, -0.2) is 20.7 Å². The molecule has 0 atom stereocenters. The molecule has 0 aliphatic carbocycles. The van der Waals surface area contributed by atoms with Gasteiger partial charge in [0, 0.05) is 6.42 Å². The van der Waals surface area contributed by atoms with Crippen molar-refractivity contribution in [3.63, 3.8) is 0 Å². The molecule has 1 heterocycles. The van der Waals surface area contributed by atoms with E-state index >= 15 is 0 Å². The van der Waals surface area contributed by atoms with Crippen molar-refractivity contribution in [2.45, 2.75) is 19.3 Å². The molecule has 15 heavy (non-hydrogen) atoms. The number of carboxylic acids is 1. The Balaban J connectivity index is 2.04. The van der Waals surface area contributed by atoms with Gasteiger partial charge >= 0.3 is 5.97 Å². The lowest BCUT2D eigenvalue weighted by molar-refractivity contribution is -0.137. The molecule has 5 heteroatoms. The summed E-state index contributed by atoms with van der Waals surface area (Å²) in [7, 11) is 0. The standard InChI is InChI=1S/C10H10N2O2S/c13-10(14)3-1-2-7-4-5-9-8(6-7)11-12-15-9/h4-6H,1-3H2,(H,13,14). The maximum atomic E-state index is 10.3. The molecule has 2 aromatic rings. The molecule has 4 nitrogen and oxygen atoms in total. The highest BCUT2D eigenvalue weighted by atomic mass is 32.1. The zero-order valence-electron chi connectivity index (χ0n) is 8.01. The third-order valence-electron chi connectivity index (χ3n) is 2.17. The van der Waals surface area contributed by atoms with Crippen LogP contribution in [0.2, 0.25) is 0 Å². The Morgan fingerprint density at radius 2 is 2.33 bits per heavy atom. The number of carbonyl (C=O) groups is 1. The van der Waals surface area contributed by atoms with Gasteiger partial charge in [-0.05, 0) is 42.1 Å². The van der Waals surface area contributed by atoms with Gasteiger partial charge in [0.25, 0.3) is 0 Å². The summed E-state index contributed by atoms with van der Waals surface area (Å²) in [5.74, 6) is -0.744. The molecule has 0 amide bonds. The summed E-state index contributed by atoms with van der Waals surface area (Å²) in [4.78, 5) is 10.3. The number of nitrogens with zero attached hydrogens (tertiary/aromatic N) is 2.